The van der Waals surface area contributed by atoms with Crippen molar-refractivity contribution >= 4 is 38.8 Å². The van der Waals surface area contributed by atoms with E-state index in [4.69, 9.17) is 18.6 Å². The van der Waals surface area contributed by atoms with E-state index in [-0.39, 0.29) is 30.0 Å². The highest BCUT2D eigenvalue weighted by Gasteiger charge is 2.15. The zero-order chi connectivity index (χ0) is 22.4. The molecule has 2 aromatic carbocycles. The second kappa shape index (κ2) is 10.2. The zero-order valence-corrected chi connectivity index (χ0v) is 18.5. The fourth-order valence-corrected chi connectivity index (χ4v) is 3.30. The molecular formula is C22H20BrNO7. The maximum atomic E-state index is 12.2. The molecule has 8 nitrogen and oxygen atoms in total. The summed E-state index contributed by atoms with van der Waals surface area (Å²) in [4.78, 5) is 36.4. The molecule has 31 heavy (non-hydrogen) atoms. The number of halogens is 1. The highest BCUT2D eigenvalue weighted by atomic mass is 79.9. The molecule has 0 aliphatic rings. The third-order valence-corrected chi connectivity index (χ3v) is 4.83. The SMILES string of the molecule is COCCNC(=O)c1cc2ccc(OC(=O)COc3ccc(C)cc3Br)cc2oc1=O. The van der Waals surface area contributed by atoms with Crippen LogP contribution in [0, 0.1) is 6.92 Å². The summed E-state index contributed by atoms with van der Waals surface area (Å²) in [6.45, 7) is 2.23. The third kappa shape index (κ3) is 5.93. The summed E-state index contributed by atoms with van der Waals surface area (Å²) in [7, 11) is 1.51. The summed E-state index contributed by atoms with van der Waals surface area (Å²) in [5.41, 5.74) is 0.324. The van der Waals surface area contributed by atoms with Crippen molar-refractivity contribution in [3.8, 4) is 11.5 Å². The number of ether oxygens (including phenoxy) is 3. The Bertz CT molecular complexity index is 1170. The maximum absolute atomic E-state index is 12.2. The van der Waals surface area contributed by atoms with E-state index >= 15 is 0 Å². The number of esters is 1. The van der Waals surface area contributed by atoms with E-state index in [1.165, 1.54) is 25.3 Å². The molecule has 0 fully saturated rings. The number of nitrogens with one attached hydrogen (secondary N) is 1. The minimum atomic E-state index is -0.793. The van der Waals surface area contributed by atoms with E-state index in [1.807, 2.05) is 19.1 Å². The summed E-state index contributed by atoms with van der Waals surface area (Å²) in [6.07, 6.45) is 0. The number of hydrogen-bond acceptors (Lipinski definition) is 7. The lowest BCUT2D eigenvalue weighted by Gasteiger charge is -2.09. The van der Waals surface area contributed by atoms with Gasteiger partial charge in [-0.3, -0.25) is 4.79 Å². The van der Waals surface area contributed by atoms with Gasteiger partial charge in [0.1, 0.15) is 22.6 Å². The van der Waals surface area contributed by atoms with Gasteiger partial charge in [-0.25, -0.2) is 9.59 Å². The third-order valence-electron chi connectivity index (χ3n) is 4.21. The van der Waals surface area contributed by atoms with Gasteiger partial charge in [0.25, 0.3) is 5.91 Å². The van der Waals surface area contributed by atoms with Crippen LogP contribution in [0.15, 0.2) is 56.1 Å². The summed E-state index contributed by atoms with van der Waals surface area (Å²) in [5.74, 6) is -0.473. The lowest BCUT2D eigenvalue weighted by molar-refractivity contribution is -0.136. The monoisotopic (exact) mass is 489 g/mol. The molecule has 3 aromatic rings. The molecule has 3 rings (SSSR count). The number of amides is 1. The highest BCUT2D eigenvalue weighted by Crippen LogP contribution is 2.26. The van der Waals surface area contributed by atoms with Crippen LogP contribution < -0.4 is 20.4 Å². The Hall–Kier alpha value is -3.17. The second-order valence-electron chi connectivity index (χ2n) is 6.59. The van der Waals surface area contributed by atoms with Gasteiger partial charge in [0.05, 0.1) is 11.1 Å². The maximum Gasteiger partial charge on any atom is 0.349 e. The second-order valence-corrected chi connectivity index (χ2v) is 7.45. The smallest absolute Gasteiger partial charge is 0.349 e. The number of methoxy groups -OCH3 is 1. The van der Waals surface area contributed by atoms with E-state index < -0.39 is 17.5 Å². The average Bonchev–Trinajstić information content (AvgIpc) is 2.72. The molecule has 0 radical (unpaired) electrons. The molecule has 1 amide bonds. The van der Waals surface area contributed by atoms with E-state index in [0.717, 1.165) is 10.0 Å². The molecule has 9 heteroatoms. The first-order valence-electron chi connectivity index (χ1n) is 9.32. The van der Waals surface area contributed by atoms with Crippen LogP contribution in [0.3, 0.4) is 0 Å². The molecular weight excluding hydrogens is 470 g/mol. The summed E-state index contributed by atoms with van der Waals surface area (Å²) < 4.78 is 21.5. The van der Waals surface area contributed by atoms with Gasteiger partial charge in [-0.05, 0) is 58.7 Å². The van der Waals surface area contributed by atoms with Gasteiger partial charge < -0.3 is 23.9 Å². The van der Waals surface area contributed by atoms with Crippen molar-refractivity contribution in [3.05, 3.63) is 68.5 Å². The van der Waals surface area contributed by atoms with Crippen LogP contribution in [0.4, 0.5) is 0 Å². The molecule has 1 aromatic heterocycles. The Balaban J connectivity index is 1.67. The molecule has 0 aliphatic heterocycles. The average molecular weight is 490 g/mol. The van der Waals surface area contributed by atoms with Crippen molar-refractivity contribution in [2.75, 3.05) is 26.9 Å². The molecule has 0 bridgehead atoms. The van der Waals surface area contributed by atoms with Crippen molar-refractivity contribution in [1.82, 2.24) is 5.32 Å². The predicted octanol–water partition coefficient (Wildman–Crippen LogP) is 3.22. The number of hydrogen-bond donors (Lipinski definition) is 1. The van der Waals surface area contributed by atoms with Gasteiger partial charge >= 0.3 is 11.6 Å². The number of carbonyl (C=O) groups is 2. The minimum absolute atomic E-state index is 0.120. The minimum Gasteiger partial charge on any atom is -0.481 e. The zero-order valence-electron chi connectivity index (χ0n) is 16.9. The molecule has 0 saturated heterocycles. The van der Waals surface area contributed by atoms with Crippen molar-refractivity contribution in [2.24, 2.45) is 0 Å². The van der Waals surface area contributed by atoms with Crippen LogP contribution in [0.1, 0.15) is 15.9 Å². The van der Waals surface area contributed by atoms with Gasteiger partial charge in [-0.15, -0.1) is 0 Å². The first-order valence-corrected chi connectivity index (χ1v) is 10.1. The number of benzene rings is 2. The molecule has 0 spiro atoms. The Kier molecular flexibility index (Phi) is 7.43. The number of aryl methyl sites for hydroxylation is 1. The van der Waals surface area contributed by atoms with Crippen molar-refractivity contribution in [2.45, 2.75) is 6.92 Å². The quantitative estimate of drug-likeness (QED) is 0.224. The molecule has 0 atom stereocenters. The molecule has 0 saturated carbocycles. The van der Waals surface area contributed by atoms with Gasteiger partial charge in [0.15, 0.2) is 6.61 Å². The van der Waals surface area contributed by atoms with E-state index in [9.17, 15) is 14.4 Å². The molecule has 1 N–H and O–H groups in total. The molecule has 162 valence electrons. The fourth-order valence-electron chi connectivity index (χ4n) is 2.70. The normalized spacial score (nSPS) is 10.7. The Morgan fingerprint density at radius 2 is 1.94 bits per heavy atom. The number of carbonyl (C=O) groups excluding carboxylic acids is 2. The Labute approximate surface area is 186 Å². The van der Waals surface area contributed by atoms with E-state index in [2.05, 4.69) is 21.2 Å². The van der Waals surface area contributed by atoms with Gasteiger partial charge in [-0.1, -0.05) is 6.07 Å². The van der Waals surface area contributed by atoms with Crippen LogP contribution in [-0.2, 0) is 9.53 Å². The van der Waals surface area contributed by atoms with Gasteiger partial charge in [-0.2, -0.15) is 0 Å². The summed E-state index contributed by atoms with van der Waals surface area (Å²) in [6, 6.07) is 11.4. The van der Waals surface area contributed by atoms with Crippen LogP contribution >= 0.6 is 15.9 Å². The molecule has 0 unspecified atom stereocenters. The fraction of sp³-hybridized carbons (Fsp3) is 0.227. The van der Waals surface area contributed by atoms with Gasteiger partial charge in [0, 0.05) is 25.1 Å². The summed E-state index contributed by atoms with van der Waals surface area (Å²) in [5, 5.41) is 3.08. The first-order chi connectivity index (χ1) is 14.9. The van der Waals surface area contributed by atoms with E-state index in [0.29, 0.717) is 17.7 Å². The lowest BCUT2D eigenvalue weighted by Crippen LogP contribution is -2.30. The predicted molar refractivity (Wildman–Crippen MR) is 117 cm³/mol. The van der Waals surface area contributed by atoms with Crippen LogP contribution in [-0.4, -0.2) is 38.7 Å². The lowest BCUT2D eigenvalue weighted by atomic mass is 10.1. The number of rotatable bonds is 8. The first kappa shape index (κ1) is 22.5. The standard InChI is InChI=1S/C22H20BrNO7/c1-13-3-6-18(17(23)9-13)29-12-20(25)30-15-5-4-14-10-16(21(26)24-7-8-28-2)22(27)31-19(14)11-15/h3-6,9-11H,7-8,12H2,1-2H3,(H,24,26). The van der Waals surface area contributed by atoms with Crippen LogP contribution in [0.2, 0.25) is 0 Å². The van der Waals surface area contributed by atoms with Crippen LogP contribution in [0.5, 0.6) is 11.5 Å². The van der Waals surface area contributed by atoms with Crippen LogP contribution in [0.25, 0.3) is 11.0 Å². The largest absolute Gasteiger partial charge is 0.481 e. The molecule has 1 heterocycles. The molecule has 0 aliphatic carbocycles. The van der Waals surface area contributed by atoms with E-state index in [1.54, 1.807) is 12.1 Å². The van der Waals surface area contributed by atoms with Crippen molar-refractivity contribution in [1.29, 1.82) is 0 Å². The highest BCUT2D eigenvalue weighted by molar-refractivity contribution is 9.10. The topological polar surface area (TPSA) is 104 Å². The Morgan fingerprint density at radius 1 is 1.13 bits per heavy atom. The van der Waals surface area contributed by atoms with Crippen molar-refractivity contribution in [3.63, 3.8) is 0 Å². The van der Waals surface area contributed by atoms with Gasteiger partial charge in [0.2, 0.25) is 0 Å². The summed E-state index contributed by atoms with van der Waals surface area (Å²) >= 11 is 3.38. The van der Waals surface area contributed by atoms with Crippen molar-refractivity contribution < 1.29 is 28.2 Å². The number of fused-ring (bicyclic) bond motifs is 1. The Morgan fingerprint density at radius 3 is 2.68 bits per heavy atom.